The van der Waals surface area contributed by atoms with Crippen LogP contribution in [0.25, 0.3) is 17.2 Å². The highest BCUT2D eigenvalue weighted by Gasteiger charge is 2.32. The lowest BCUT2D eigenvalue weighted by Crippen LogP contribution is -2.44. The van der Waals surface area contributed by atoms with E-state index in [9.17, 15) is 22.8 Å². The molecule has 0 amide bonds. The number of halogens is 3. The molecule has 190 valence electrons. The van der Waals surface area contributed by atoms with Gasteiger partial charge in [-0.25, -0.2) is 4.79 Å². The number of aryl methyl sites for hydroxylation is 1. The molecule has 0 saturated carbocycles. The van der Waals surface area contributed by atoms with Crippen LogP contribution < -0.4 is 21.9 Å². The average molecular weight is 501 g/mol. The van der Waals surface area contributed by atoms with Gasteiger partial charge in [0.25, 0.3) is 5.56 Å². The quantitative estimate of drug-likeness (QED) is 0.544. The minimum absolute atomic E-state index is 0.0329. The maximum atomic E-state index is 13.5. The monoisotopic (exact) mass is 500 g/mol. The molecule has 3 aromatic rings. The molecule has 1 aliphatic heterocycles. The van der Waals surface area contributed by atoms with Crippen LogP contribution in [0.2, 0.25) is 0 Å². The molecule has 36 heavy (non-hydrogen) atoms. The van der Waals surface area contributed by atoms with E-state index < -0.39 is 23.0 Å². The van der Waals surface area contributed by atoms with Crippen molar-refractivity contribution in [3.05, 3.63) is 62.3 Å². The van der Waals surface area contributed by atoms with Gasteiger partial charge in [0, 0.05) is 32.7 Å². The number of alkyl halides is 3. The third kappa shape index (κ3) is 4.81. The van der Waals surface area contributed by atoms with Crippen molar-refractivity contribution < 1.29 is 13.2 Å². The maximum Gasteiger partial charge on any atom is 0.416 e. The Bertz CT molecular complexity index is 1490. The molecule has 2 N–H and O–H groups in total. The van der Waals surface area contributed by atoms with E-state index in [2.05, 4.69) is 16.8 Å². The Balaban J connectivity index is 1.80. The summed E-state index contributed by atoms with van der Waals surface area (Å²) in [4.78, 5) is 33.2. The van der Waals surface area contributed by atoms with Gasteiger partial charge in [-0.2, -0.15) is 18.2 Å². The van der Waals surface area contributed by atoms with Gasteiger partial charge in [-0.3, -0.25) is 18.5 Å². The van der Waals surface area contributed by atoms with Gasteiger partial charge in [-0.1, -0.05) is 36.3 Å². The first kappa shape index (κ1) is 25.3. The second kappa shape index (κ2) is 10.1. The first-order valence-corrected chi connectivity index (χ1v) is 11.6. The molecule has 0 bridgehead atoms. The van der Waals surface area contributed by atoms with Gasteiger partial charge in [0.1, 0.15) is 0 Å². The number of anilines is 1. The second-order valence-corrected chi connectivity index (χ2v) is 8.69. The lowest BCUT2D eigenvalue weighted by atomic mass is 10.1. The van der Waals surface area contributed by atoms with Crippen LogP contribution in [0.15, 0.2) is 39.9 Å². The van der Waals surface area contributed by atoms with Crippen molar-refractivity contribution in [2.45, 2.75) is 45.1 Å². The molecule has 1 saturated heterocycles. The van der Waals surface area contributed by atoms with Crippen molar-refractivity contribution in [2.75, 3.05) is 18.0 Å². The lowest BCUT2D eigenvalue weighted by molar-refractivity contribution is -0.137. The van der Waals surface area contributed by atoms with Crippen molar-refractivity contribution in [2.24, 2.45) is 12.8 Å². The molecule has 1 atom stereocenters. The molecule has 1 aromatic carbocycles. The Morgan fingerprint density at radius 2 is 1.97 bits per heavy atom. The molecule has 3 heterocycles. The lowest BCUT2D eigenvalue weighted by Gasteiger charge is -2.31. The zero-order chi connectivity index (χ0) is 26.0. The first-order chi connectivity index (χ1) is 17.1. The molecular weight excluding hydrogens is 473 g/mol. The number of imidazole rings is 1. The van der Waals surface area contributed by atoms with Crippen molar-refractivity contribution in [1.82, 2.24) is 18.7 Å². The number of nitrogens with two attached hydrogens (primary N) is 1. The molecule has 0 spiro atoms. The molecule has 1 unspecified atom stereocenters. The fraction of sp³-hybridized carbons (Fsp3) is 0.400. The second-order valence-electron chi connectivity index (χ2n) is 8.69. The van der Waals surface area contributed by atoms with E-state index in [1.54, 1.807) is 11.5 Å². The summed E-state index contributed by atoms with van der Waals surface area (Å²) in [5, 5.41) is 0. The van der Waals surface area contributed by atoms with Crippen molar-refractivity contribution in [1.29, 1.82) is 0 Å². The Morgan fingerprint density at radius 3 is 2.67 bits per heavy atom. The third-order valence-electron chi connectivity index (χ3n) is 6.22. The molecule has 1 fully saturated rings. The average Bonchev–Trinajstić information content (AvgIpc) is 3.23. The maximum absolute atomic E-state index is 13.5. The van der Waals surface area contributed by atoms with Gasteiger partial charge < -0.3 is 10.6 Å². The van der Waals surface area contributed by atoms with E-state index in [-0.39, 0.29) is 35.9 Å². The van der Waals surface area contributed by atoms with Gasteiger partial charge >= 0.3 is 11.9 Å². The van der Waals surface area contributed by atoms with Crippen LogP contribution in [0.4, 0.5) is 19.1 Å². The van der Waals surface area contributed by atoms with Crippen molar-refractivity contribution in [3.8, 4) is 11.8 Å². The minimum atomic E-state index is -4.52. The van der Waals surface area contributed by atoms with E-state index in [4.69, 9.17) is 5.73 Å². The summed E-state index contributed by atoms with van der Waals surface area (Å²) in [6, 6.07) is 5.08. The van der Waals surface area contributed by atoms with Crippen molar-refractivity contribution in [3.63, 3.8) is 0 Å². The van der Waals surface area contributed by atoms with Crippen LogP contribution in [-0.4, -0.2) is 37.8 Å². The number of benzene rings is 1. The van der Waals surface area contributed by atoms with Crippen LogP contribution >= 0.6 is 0 Å². The molecule has 0 radical (unpaired) electrons. The highest BCUT2D eigenvalue weighted by atomic mass is 19.4. The summed E-state index contributed by atoms with van der Waals surface area (Å²) in [6.45, 7) is 2.94. The summed E-state index contributed by atoms with van der Waals surface area (Å²) < 4.78 is 43.9. The third-order valence-corrected chi connectivity index (χ3v) is 6.22. The number of hydrogen-bond donors (Lipinski definition) is 1. The Morgan fingerprint density at radius 1 is 1.22 bits per heavy atom. The van der Waals surface area contributed by atoms with E-state index >= 15 is 0 Å². The molecule has 2 aromatic heterocycles. The zero-order valence-corrected chi connectivity index (χ0v) is 20.0. The molecule has 11 heteroatoms. The van der Waals surface area contributed by atoms with Crippen LogP contribution in [0.5, 0.6) is 0 Å². The summed E-state index contributed by atoms with van der Waals surface area (Å²) in [5.41, 5.74) is 4.53. The number of rotatable bonds is 5. The summed E-state index contributed by atoms with van der Waals surface area (Å²) >= 11 is 0. The predicted octanol–water partition coefficient (Wildman–Crippen LogP) is 2.58. The summed E-state index contributed by atoms with van der Waals surface area (Å²) in [7, 11) is 1.51. The molecule has 4 rings (SSSR count). The Kier molecular flexibility index (Phi) is 7.08. The van der Waals surface area contributed by atoms with Crippen LogP contribution in [0.1, 0.15) is 30.9 Å². The van der Waals surface area contributed by atoms with Gasteiger partial charge in [0.15, 0.2) is 11.2 Å². The van der Waals surface area contributed by atoms with E-state index in [0.29, 0.717) is 19.0 Å². The number of nitrogens with zero attached hydrogens (tertiary/aromatic N) is 5. The smallest absolute Gasteiger partial charge is 0.341 e. The largest absolute Gasteiger partial charge is 0.416 e. The number of piperidine rings is 1. The van der Waals surface area contributed by atoms with Crippen molar-refractivity contribution >= 4 is 23.2 Å². The van der Waals surface area contributed by atoms with Gasteiger partial charge in [-0.05, 0) is 31.4 Å². The van der Waals surface area contributed by atoms with Crippen LogP contribution in [0.3, 0.4) is 0 Å². The van der Waals surface area contributed by atoms with E-state index in [0.717, 1.165) is 23.5 Å². The topological polar surface area (TPSA) is 91.1 Å². The SMILES string of the molecule is CC#CCn1c(N2CCCC(N)C2)nc2c1c(=O)n(CC=Cc1ccccc1C(F)(F)F)c(=O)n2C. The van der Waals surface area contributed by atoms with E-state index in [1.165, 1.54) is 42.0 Å². The highest BCUT2D eigenvalue weighted by molar-refractivity contribution is 5.75. The minimum Gasteiger partial charge on any atom is -0.341 e. The number of allylic oxidation sites excluding steroid dienone is 1. The fourth-order valence-electron chi connectivity index (χ4n) is 4.45. The predicted molar refractivity (Wildman–Crippen MR) is 133 cm³/mol. The normalized spacial score (nSPS) is 16.5. The summed E-state index contributed by atoms with van der Waals surface area (Å²) in [5.74, 6) is 6.29. The highest BCUT2D eigenvalue weighted by Crippen LogP contribution is 2.32. The van der Waals surface area contributed by atoms with Crippen LogP contribution in [0, 0.1) is 11.8 Å². The van der Waals surface area contributed by atoms with Gasteiger partial charge in [0.05, 0.1) is 12.1 Å². The number of aromatic nitrogens is 4. The van der Waals surface area contributed by atoms with Crippen LogP contribution in [-0.2, 0) is 26.3 Å². The molecular formula is C25H27F3N6O2. The standard InChI is InChI=1S/C25H27F3N6O2/c1-3-4-14-33-20-21(30-23(33)32-13-8-11-18(29)16-32)31(2)24(36)34(22(20)35)15-7-10-17-9-5-6-12-19(17)25(26,27)28/h5-7,9-10,12,18H,8,11,13-16,29H2,1-2H3. The Labute approximate surface area is 205 Å². The number of fused-ring (bicyclic) bond motifs is 1. The van der Waals surface area contributed by atoms with E-state index in [1.807, 2.05) is 4.90 Å². The molecule has 0 aliphatic carbocycles. The number of hydrogen-bond acceptors (Lipinski definition) is 5. The first-order valence-electron chi connectivity index (χ1n) is 11.6. The van der Waals surface area contributed by atoms with Gasteiger partial charge in [0.2, 0.25) is 5.95 Å². The zero-order valence-electron chi connectivity index (χ0n) is 20.0. The Hall–Kier alpha value is -3.78. The molecule has 8 nitrogen and oxygen atoms in total. The fourth-order valence-corrected chi connectivity index (χ4v) is 4.45. The van der Waals surface area contributed by atoms with Gasteiger partial charge in [-0.15, -0.1) is 5.92 Å². The molecule has 1 aliphatic rings. The summed E-state index contributed by atoms with van der Waals surface area (Å²) in [6.07, 6.45) is -0.125.